The van der Waals surface area contributed by atoms with Crippen molar-refractivity contribution in [3.05, 3.63) is 145 Å². The number of fused-ring (bicyclic) bond motifs is 6. The fourth-order valence-corrected chi connectivity index (χ4v) is 6.41. The van der Waals surface area contributed by atoms with Crippen molar-refractivity contribution in [1.82, 2.24) is 9.13 Å². The highest BCUT2D eigenvalue weighted by atomic mass is 15.0. The molecule has 0 radical (unpaired) electrons. The Balaban J connectivity index is 1.44. The predicted octanol–water partition coefficient (Wildman–Crippen LogP) is 9.29. The molecule has 0 aliphatic heterocycles. The molecule has 0 atom stereocenters. The van der Waals surface area contributed by atoms with E-state index in [1.165, 1.54) is 10.8 Å². The van der Waals surface area contributed by atoms with E-state index in [1.807, 2.05) is 12.1 Å². The third-order valence-corrected chi connectivity index (χ3v) is 8.20. The molecule has 8 rings (SSSR count). The second-order valence-corrected chi connectivity index (χ2v) is 10.4. The molecule has 0 saturated carbocycles. The summed E-state index contributed by atoms with van der Waals surface area (Å²) in [6.07, 6.45) is 0. The first kappa shape index (κ1) is 23.8. The van der Waals surface area contributed by atoms with Crippen molar-refractivity contribution in [2.24, 2.45) is 0 Å². The highest BCUT2D eigenvalue weighted by molar-refractivity contribution is 6.12. The molecule has 0 spiro atoms. The Morgan fingerprint density at radius 3 is 1.67 bits per heavy atom. The maximum absolute atomic E-state index is 9.86. The molecule has 2 heterocycles. The summed E-state index contributed by atoms with van der Waals surface area (Å²) in [6, 6.07) is 50.2. The second kappa shape index (κ2) is 9.24. The van der Waals surface area contributed by atoms with E-state index in [2.05, 4.69) is 124 Å². The molecular formula is C38H22N4. The van der Waals surface area contributed by atoms with Gasteiger partial charge in [0.05, 0.1) is 45.3 Å². The van der Waals surface area contributed by atoms with Crippen LogP contribution in [0.15, 0.2) is 133 Å². The molecule has 0 aliphatic carbocycles. The third kappa shape index (κ3) is 3.40. The minimum Gasteiger partial charge on any atom is -0.309 e. The van der Waals surface area contributed by atoms with Crippen LogP contribution >= 0.6 is 0 Å². The van der Waals surface area contributed by atoms with Crippen molar-refractivity contribution in [2.45, 2.75) is 0 Å². The molecule has 0 unspecified atom stereocenters. The van der Waals surface area contributed by atoms with Crippen LogP contribution < -0.4 is 0 Å². The first-order valence-corrected chi connectivity index (χ1v) is 13.8. The van der Waals surface area contributed by atoms with Gasteiger partial charge in [0.15, 0.2) is 0 Å². The van der Waals surface area contributed by atoms with E-state index in [4.69, 9.17) is 0 Å². The number of hydrogen-bond acceptors (Lipinski definition) is 2. The van der Waals surface area contributed by atoms with Gasteiger partial charge in [0.2, 0.25) is 0 Å². The molecule has 0 aliphatic rings. The van der Waals surface area contributed by atoms with E-state index in [9.17, 15) is 10.5 Å². The Hall–Kier alpha value is -6.10. The van der Waals surface area contributed by atoms with Crippen LogP contribution in [-0.2, 0) is 0 Å². The fourth-order valence-electron chi connectivity index (χ4n) is 6.41. The van der Waals surface area contributed by atoms with E-state index in [0.29, 0.717) is 16.7 Å². The maximum Gasteiger partial charge on any atom is 0.0998 e. The number of para-hydroxylation sites is 3. The molecule has 0 amide bonds. The molecule has 6 aromatic carbocycles. The van der Waals surface area contributed by atoms with Crippen LogP contribution in [0.5, 0.6) is 0 Å². The summed E-state index contributed by atoms with van der Waals surface area (Å²) in [4.78, 5) is 0. The number of nitriles is 2. The molecular weight excluding hydrogens is 512 g/mol. The largest absolute Gasteiger partial charge is 0.309 e. The second-order valence-electron chi connectivity index (χ2n) is 10.4. The highest BCUT2D eigenvalue weighted by Crippen LogP contribution is 2.39. The number of nitrogens with zero attached hydrogens (tertiary/aromatic N) is 4. The average Bonchev–Trinajstić information content (AvgIpc) is 3.56. The van der Waals surface area contributed by atoms with Crippen LogP contribution in [0.3, 0.4) is 0 Å². The van der Waals surface area contributed by atoms with Gasteiger partial charge in [-0.1, -0.05) is 72.8 Å². The van der Waals surface area contributed by atoms with Gasteiger partial charge in [-0.2, -0.15) is 10.5 Å². The lowest BCUT2D eigenvalue weighted by Gasteiger charge is -2.12. The zero-order valence-corrected chi connectivity index (χ0v) is 22.5. The van der Waals surface area contributed by atoms with Gasteiger partial charge in [0, 0.05) is 38.5 Å². The summed E-state index contributed by atoms with van der Waals surface area (Å²) in [7, 11) is 0. The van der Waals surface area contributed by atoms with Gasteiger partial charge in [-0.15, -0.1) is 0 Å². The van der Waals surface area contributed by atoms with Crippen LogP contribution in [0.2, 0.25) is 0 Å². The van der Waals surface area contributed by atoms with Gasteiger partial charge in [-0.25, -0.2) is 0 Å². The molecule has 4 heteroatoms. The van der Waals surface area contributed by atoms with Gasteiger partial charge in [0.25, 0.3) is 0 Å². The van der Waals surface area contributed by atoms with Gasteiger partial charge < -0.3 is 9.13 Å². The number of benzene rings is 6. The van der Waals surface area contributed by atoms with E-state index in [0.717, 1.165) is 49.8 Å². The Morgan fingerprint density at radius 2 is 0.976 bits per heavy atom. The van der Waals surface area contributed by atoms with E-state index in [-0.39, 0.29) is 0 Å². The lowest BCUT2D eigenvalue weighted by Crippen LogP contribution is -1.96. The lowest BCUT2D eigenvalue weighted by molar-refractivity contribution is 1.17. The number of hydrogen-bond donors (Lipinski definition) is 0. The summed E-state index contributed by atoms with van der Waals surface area (Å²) in [5.74, 6) is 0. The zero-order valence-electron chi connectivity index (χ0n) is 22.5. The Bertz CT molecular complexity index is 2400. The quantitative estimate of drug-likeness (QED) is 0.227. The first-order valence-electron chi connectivity index (χ1n) is 13.8. The monoisotopic (exact) mass is 534 g/mol. The average molecular weight is 535 g/mol. The smallest absolute Gasteiger partial charge is 0.0998 e. The standard InChI is InChI=1S/C38H22N4/c39-23-26-9-8-10-27(24-40)38(26)25-17-19-32-30-13-4-6-15-34(30)42(37(32)21-25)29-18-20-36-33(22-29)31-14-5-7-16-35(31)41(36)28-11-2-1-3-12-28/h1-22H. The molecule has 0 saturated heterocycles. The third-order valence-electron chi connectivity index (χ3n) is 8.20. The van der Waals surface area contributed by atoms with Crippen LogP contribution in [0.4, 0.5) is 0 Å². The molecule has 0 fully saturated rings. The number of rotatable bonds is 3. The van der Waals surface area contributed by atoms with Gasteiger partial charge in [-0.05, 0) is 66.2 Å². The molecule has 2 aromatic heterocycles. The fraction of sp³-hybridized carbons (Fsp3) is 0. The van der Waals surface area contributed by atoms with E-state index in [1.54, 1.807) is 18.2 Å². The van der Waals surface area contributed by atoms with Crippen molar-refractivity contribution in [3.63, 3.8) is 0 Å². The topological polar surface area (TPSA) is 57.4 Å². The van der Waals surface area contributed by atoms with Crippen molar-refractivity contribution >= 4 is 43.6 Å². The van der Waals surface area contributed by atoms with Crippen molar-refractivity contribution in [2.75, 3.05) is 0 Å². The van der Waals surface area contributed by atoms with Gasteiger partial charge in [-0.3, -0.25) is 0 Å². The minimum absolute atomic E-state index is 0.492. The summed E-state index contributed by atoms with van der Waals surface area (Å²) in [6.45, 7) is 0. The summed E-state index contributed by atoms with van der Waals surface area (Å²) in [5.41, 5.74) is 9.12. The molecule has 4 nitrogen and oxygen atoms in total. The predicted molar refractivity (Wildman–Crippen MR) is 170 cm³/mol. The van der Waals surface area contributed by atoms with Crippen LogP contribution in [-0.4, -0.2) is 9.13 Å². The van der Waals surface area contributed by atoms with Crippen LogP contribution in [0, 0.1) is 22.7 Å². The molecule has 0 N–H and O–H groups in total. The Labute approximate surface area is 242 Å². The van der Waals surface area contributed by atoms with Gasteiger partial charge >= 0.3 is 0 Å². The molecule has 42 heavy (non-hydrogen) atoms. The van der Waals surface area contributed by atoms with E-state index >= 15 is 0 Å². The Kier molecular flexibility index (Phi) is 5.22. The maximum atomic E-state index is 9.86. The molecule has 0 bridgehead atoms. The SMILES string of the molecule is N#Cc1cccc(C#N)c1-c1ccc2c3ccccc3n(-c3ccc4c(c3)c3ccccc3n4-c3ccccc3)c2c1. The normalized spacial score (nSPS) is 11.3. The molecule has 194 valence electrons. The van der Waals surface area contributed by atoms with Crippen LogP contribution in [0.25, 0.3) is 66.1 Å². The minimum atomic E-state index is 0.492. The van der Waals surface area contributed by atoms with Crippen molar-refractivity contribution in [3.8, 4) is 34.6 Å². The van der Waals surface area contributed by atoms with Gasteiger partial charge in [0.1, 0.15) is 0 Å². The zero-order chi connectivity index (χ0) is 28.2. The van der Waals surface area contributed by atoms with Crippen molar-refractivity contribution in [1.29, 1.82) is 10.5 Å². The lowest BCUT2D eigenvalue weighted by atomic mass is 9.94. The summed E-state index contributed by atoms with van der Waals surface area (Å²) >= 11 is 0. The van der Waals surface area contributed by atoms with E-state index < -0.39 is 0 Å². The summed E-state index contributed by atoms with van der Waals surface area (Å²) in [5, 5.41) is 24.4. The van der Waals surface area contributed by atoms with Crippen molar-refractivity contribution < 1.29 is 0 Å². The highest BCUT2D eigenvalue weighted by Gasteiger charge is 2.18. The summed E-state index contributed by atoms with van der Waals surface area (Å²) < 4.78 is 4.62. The number of aromatic nitrogens is 2. The Morgan fingerprint density at radius 1 is 0.405 bits per heavy atom. The molecule has 8 aromatic rings. The first-order chi connectivity index (χ1) is 20.8. The van der Waals surface area contributed by atoms with Crippen LogP contribution in [0.1, 0.15) is 11.1 Å².